The first-order chi connectivity index (χ1) is 6.88. The summed E-state index contributed by atoms with van der Waals surface area (Å²) in [7, 11) is 0. The molecule has 1 aliphatic heterocycles. The molecule has 0 aromatic rings. The van der Waals surface area contributed by atoms with Gasteiger partial charge in [0.15, 0.2) is 0 Å². The van der Waals surface area contributed by atoms with Gasteiger partial charge >= 0.3 is 12.0 Å². The Morgan fingerprint density at radius 2 is 2.20 bits per heavy atom. The van der Waals surface area contributed by atoms with Gasteiger partial charge in [0.05, 0.1) is 6.54 Å². The van der Waals surface area contributed by atoms with E-state index in [2.05, 4.69) is 11.9 Å². The number of hydrogen-bond donors (Lipinski definition) is 3. The van der Waals surface area contributed by atoms with E-state index in [-0.39, 0.29) is 11.6 Å². The monoisotopic (exact) mass is 216 g/mol. The van der Waals surface area contributed by atoms with Gasteiger partial charge in [0, 0.05) is 12.1 Å². The van der Waals surface area contributed by atoms with Gasteiger partial charge in [-0.1, -0.05) is 6.58 Å². The second-order valence-electron chi connectivity index (χ2n) is 3.09. The van der Waals surface area contributed by atoms with E-state index >= 15 is 0 Å². The molecule has 0 aromatic heterocycles. The van der Waals surface area contributed by atoms with Gasteiger partial charge in [0.25, 0.3) is 0 Å². The van der Waals surface area contributed by atoms with Gasteiger partial charge in [0.2, 0.25) is 0 Å². The summed E-state index contributed by atoms with van der Waals surface area (Å²) < 4.78 is 0. The van der Waals surface area contributed by atoms with Crippen molar-refractivity contribution in [1.82, 2.24) is 10.2 Å². The van der Waals surface area contributed by atoms with Crippen LogP contribution >= 0.6 is 0 Å². The Kier molecular flexibility index (Phi) is 5.40. The highest BCUT2D eigenvalue weighted by molar-refractivity contribution is 5.84. The van der Waals surface area contributed by atoms with Crippen LogP contribution in [-0.4, -0.2) is 46.4 Å². The van der Waals surface area contributed by atoms with E-state index in [4.69, 9.17) is 10.2 Å². The smallest absolute Gasteiger partial charge is 0.330 e. The Morgan fingerprint density at radius 3 is 2.33 bits per heavy atom. The molecule has 0 saturated carbocycles. The number of β-amino-alcohol motifs (C(OH)–C–C–N with tert-alkyl or cyclic N) is 1. The number of amides is 2. The fourth-order valence-electron chi connectivity index (χ4n) is 0.844. The van der Waals surface area contributed by atoms with Crippen LogP contribution in [0.3, 0.4) is 0 Å². The quantitative estimate of drug-likeness (QED) is 0.566. The van der Waals surface area contributed by atoms with Crippen LogP contribution in [0.5, 0.6) is 0 Å². The molecular formula is C9H16N2O4. The minimum atomic E-state index is -0.935. The molecule has 1 heterocycles. The summed E-state index contributed by atoms with van der Waals surface area (Å²) in [5.74, 6) is -0.935. The third-order valence-electron chi connectivity index (χ3n) is 1.72. The average molecular weight is 216 g/mol. The zero-order valence-electron chi connectivity index (χ0n) is 8.86. The average Bonchev–Trinajstić information content (AvgIpc) is 2.45. The molecule has 0 spiro atoms. The Morgan fingerprint density at radius 1 is 1.73 bits per heavy atom. The molecule has 3 N–H and O–H groups in total. The molecule has 1 unspecified atom stereocenters. The SMILES string of the molecule is C=C(C)C(=O)O.CCN1CC(O)NC1=O. The summed E-state index contributed by atoms with van der Waals surface area (Å²) in [4.78, 5) is 21.8. The van der Waals surface area contributed by atoms with Crippen LogP contribution in [0.15, 0.2) is 12.2 Å². The first-order valence-corrected chi connectivity index (χ1v) is 4.50. The number of hydrogen-bond acceptors (Lipinski definition) is 3. The first-order valence-electron chi connectivity index (χ1n) is 4.50. The minimum absolute atomic E-state index is 0.176. The maximum absolute atomic E-state index is 10.7. The van der Waals surface area contributed by atoms with Gasteiger partial charge in [-0.3, -0.25) is 0 Å². The van der Waals surface area contributed by atoms with E-state index in [1.54, 1.807) is 4.90 Å². The number of likely N-dealkylation sites (N-methyl/N-ethyl adjacent to an activating group) is 1. The molecule has 1 rings (SSSR count). The summed E-state index contributed by atoms with van der Waals surface area (Å²) in [6, 6.07) is -0.176. The molecular weight excluding hydrogens is 200 g/mol. The van der Waals surface area contributed by atoms with E-state index in [1.807, 2.05) is 6.92 Å². The number of urea groups is 1. The van der Waals surface area contributed by atoms with Gasteiger partial charge < -0.3 is 20.4 Å². The first kappa shape index (κ1) is 13.4. The van der Waals surface area contributed by atoms with E-state index in [9.17, 15) is 9.59 Å². The van der Waals surface area contributed by atoms with Crippen LogP contribution in [0.4, 0.5) is 4.79 Å². The van der Waals surface area contributed by atoms with E-state index in [0.717, 1.165) is 0 Å². The van der Waals surface area contributed by atoms with Crippen LogP contribution < -0.4 is 5.32 Å². The Bertz CT molecular complexity index is 253. The van der Waals surface area contributed by atoms with Crippen molar-refractivity contribution in [3.8, 4) is 0 Å². The largest absolute Gasteiger partial charge is 0.478 e. The highest BCUT2D eigenvalue weighted by Gasteiger charge is 2.24. The molecule has 1 fully saturated rings. The van der Waals surface area contributed by atoms with Crippen molar-refractivity contribution >= 4 is 12.0 Å². The second kappa shape index (κ2) is 6.02. The lowest BCUT2D eigenvalue weighted by atomic mass is 10.4. The fourth-order valence-corrected chi connectivity index (χ4v) is 0.844. The number of carbonyl (C=O) groups excluding carboxylic acids is 1. The van der Waals surface area contributed by atoms with Crippen molar-refractivity contribution in [1.29, 1.82) is 0 Å². The third kappa shape index (κ3) is 5.02. The van der Waals surface area contributed by atoms with Crippen LogP contribution in [0.2, 0.25) is 0 Å². The van der Waals surface area contributed by atoms with Gasteiger partial charge in [-0.15, -0.1) is 0 Å². The number of nitrogens with zero attached hydrogens (tertiary/aromatic N) is 1. The van der Waals surface area contributed by atoms with Crippen LogP contribution in [-0.2, 0) is 4.79 Å². The predicted octanol–water partition coefficient (Wildman–Crippen LogP) is -0.00300. The lowest BCUT2D eigenvalue weighted by Gasteiger charge is -2.08. The molecule has 2 amide bonds. The maximum atomic E-state index is 10.7. The molecule has 6 nitrogen and oxygen atoms in total. The van der Waals surface area contributed by atoms with Crippen molar-refractivity contribution in [2.75, 3.05) is 13.1 Å². The number of carboxylic acids is 1. The number of rotatable bonds is 2. The lowest BCUT2D eigenvalue weighted by Crippen LogP contribution is -2.28. The number of nitrogens with one attached hydrogen (secondary N) is 1. The molecule has 1 aliphatic rings. The molecule has 0 aliphatic carbocycles. The summed E-state index contributed by atoms with van der Waals surface area (Å²) in [5.41, 5.74) is 0.176. The number of carbonyl (C=O) groups is 2. The van der Waals surface area contributed by atoms with Crippen LogP contribution in [0, 0.1) is 0 Å². The standard InChI is InChI=1S/C5H10N2O2.C4H6O2/c1-2-7-3-4(8)6-5(7)9;1-3(2)4(5)6/h4,8H,2-3H2,1H3,(H,6,9);1H2,2H3,(H,5,6). The highest BCUT2D eigenvalue weighted by Crippen LogP contribution is 1.99. The van der Waals surface area contributed by atoms with Crippen molar-refractivity contribution in [3.05, 3.63) is 12.2 Å². The molecule has 0 aromatic carbocycles. The summed E-state index contributed by atoms with van der Waals surface area (Å²) in [5, 5.41) is 19.1. The number of aliphatic hydroxyl groups is 1. The topological polar surface area (TPSA) is 89.9 Å². The van der Waals surface area contributed by atoms with Gasteiger partial charge in [-0.05, 0) is 13.8 Å². The molecule has 1 atom stereocenters. The van der Waals surface area contributed by atoms with Crippen LogP contribution in [0.25, 0.3) is 0 Å². The molecule has 1 saturated heterocycles. The van der Waals surface area contributed by atoms with Gasteiger partial charge in [-0.25, -0.2) is 9.59 Å². The zero-order valence-corrected chi connectivity index (χ0v) is 8.86. The third-order valence-corrected chi connectivity index (χ3v) is 1.72. The Labute approximate surface area is 88.2 Å². The number of aliphatic hydroxyl groups excluding tert-OH is 1. The Balaban J connectivity index is 0.000000288. The molecule has 15 heavy (non-hydrogen) atoms. The summed E-state index contributed by atoms with van der Waals surface area (Å²) >= 11 is 0. The van der Waals surface area contributed by atoms with Crippen molar-refractivity contribution < 1.29 is 19.8 Å². The minimum Gasteiger partial charge on any atom is -0.478 e. The van der Waals surface area contributed by atoms with Crippen molar-refractivity contribution in [2.24, 2.45) is 0 Å². The molecule has 0 radical (unpaired) electrons. The number of carboxylic acid groups (broad SMARTS) is 1. The maximum Gasteiger partial charge on any atom is 0.330 e. The Hall–Kier alpha value is -1.56. The van der Waals surface area contributed by atoms with Crippen molar-refractivity contribution in [3.63, 3.8) is 0 Å². The number of aliphatic carboxylic acids is 1. The van der Waals surface area contributed by atoms with Gasteiger partial charge in [0.1, 0.15) is 6.23 Å². The van der Waals surface area contributed by atoms with Crippen molar-refractivity contribution in [2.45, 2.75) is 20.1 Å². The lowest BCUT2D eigenvalue weighted by molar-refractivity contribution is -0.132. The fraction of sp³-hybridized carbons (Fsp3) is 0.556. The second-order valence-corrected chi connectivity index (χ2v) is 3.09. The van der Waals surface area contributed by atoms with E-state index in [0.29, 0.717) is 13.1 Å². The van der Waals surface area contributed by atoms with E-state index < -0.39 is 12.2 Å². The highest BCUT2D eigenvalue weighted by atomic mass is 16.4. The van der Waals surface area contributed by atoms with Gasteiger partial charge in [-0.2, -0.15) is 0 Å². The summed E-state index contributed by atoms with van der Waals surface area (Å²) in [6.45, 7) is 7.54. The predicted molar refractivity (Wildman–Crippen MR) is 54.2 cm³/mol. The molecule has 0 bridgehead atoms. The molecule has 86 valence electrons. The summed E-state index contributed by atoms with van der Waals surface area (Å²) in [6.07, 6.45) is -0.669. The molecule has 6 heteroatoms. The zero-order chi connectivity index (χ0) is 12.0. The normalized spacial score (nSPS) is 19.0. The van der Waals surface area contributed by atoms with E-state index in [1.165, 1.54) is 6.92 Å². The van der Waals surface area contributed by atoms with Crippen LogP contribution in [0.1, 0.15) is 13.8 Å².